The van der Waals surface area contributed by atoms with Crippen molar-refractivity contribution < 1.29 is 4.79 Å². The molecule has 3 aromatic rings. The van der Waals surface area contributed by atoms with E-state index in [0.29, 0.717) is 6.54 Å². The van der Waals surface area contributed by atoms with Gasteiger partial charge in [-0.25, -0.2) is 4.98 Å². The summed E-state index contributed by atoms with van der Waals surface area (Å²) in [6, 6.07) is 12.3. The summed E-state index contributed by atoms with van der Waals surface area (Å²) in [4.78, 5) is 19.5. The predicted octanol–water partition coefficient (Wildman–Crippen LogP) is 3.71. The number of amides is 1. The first-order valence-electron chi connectivity index (χ1n) is 10.8. The first kappa shape index (κ1) is 20.9. The summed E-state index contributed by atoms with van der Waals surface area (Å²) in [5, 5.41) is 10.8. The van der Waals surface area contributed by atoms with E-state index < -0.39 is 0 Å². The lowest BCUT2D eigenvalue weighted by Crippen LogP contribution is -2.43. The third-order valence-corrected chi connectivity index (χ3v) is 5.76. The normalized spacial score (nSPS) is 16.2. The van der Waals surface area contributed by atoms with Crippen LogP contribution in [0.4, 0.5) is 17.2 Å². The fraction of sp³-hybridized carbons (Fsp3) is 0.375. The van der Waals surface area contributed by atoms with E-state index in [1.54, 1.807) is 4.68 Å². The van der Waals surface area contributed by atoms with E-state index in [0.717, 1.165) is 54.4 Å². The molecule has 1 atom stereocenters. The summed E-state index contributed by atoms with van der Waals surface area (Å²) < 4.78 is 1.78. The minimum atomic E-state index is -0.00987. The second kappa shape index (κ2) is 9.20. The molecule has 0 saturated carbocycles. The molecule has 4 rings (SSSR count). The van der Waals surface area contributed by atoms with E-state index in [1.165, 1.54) is 5.56 Å². The topological polar surface area (TPSA) is 75.1 Å². The maximum Gasteiger partial charge on any atom is 0.225 e. The number of hydrogen-bond acceptors (Lipinski definition) is 5. The van der Waals surface area contributed by atoms with Gasteiger partial charge in [-0.3, -0.25) is 9.48 Å². The van der Waals surface area contributed by atoms with Crippen LogP contribution in [0.25, 0.3) is 0 Å². The smallest absolute Gasteiger partial charge is 0.225 e. The second-order valence-corrected chi connectivity index (χ2v) is 8.31. The van der Waals surface area contributed by atoms with E-state index in [-0.39, 0.29) is 11.8 Å². The fourth-order valence-electron chi connectivity index (χ4n) is 4.01. The average Bonchev–Trinajstić information content (AvgIpc) is 3.10. The largest absolute Gasteiger partial charge is 0.371 e. The van der Waals surface area contributed by atoms with Gasteiger partial charge in [0.2, 0.25) is 5.91 Å². The quantitative estimate of drug-likeness (QED) is 0.638. The molecule has 31 heavy (non-hydrogen) atoms. The molecule has 162 valence electrons. The number of anilines is 3. The summed E-state index contributed by atoms with van der Waals surface area (Å²) in [5.41, 5.74) is 5.30. The van der Waals surface area contributed by atoms with Crippen LogP contribution in [0.3, 0.4) is 0 Å². The number of pyridine rings is 1. The van der Waals surface area contributed by atoms with E-state index in [1.807, 2.05) is 38.5 Å². The van der Waals surface area contributed by atoms with E-state index in [2.05, 4.69) is 56.8 Å². The van der Waals surface area contributed by atoms with Crippen LogP contribution in [-0.2, 0) is 18.4 Å². The molecule has 2 N–H and O–H groups in total. The van der Waals surface area contributed by atoms with Gasteiger partial charge in [-0.15, -0.1) is 0 Å². The highest BCUT2D eigenvalue weighted by atomic mass is 16.1. The number of benzene rings is 1. The zero-order chi connectivity index (χ0) is 21.8. The van der Waals surface area contributed by atoms with Crippen molar-refractivity contribution in [3.05, 3.63) is 65.6 Å². The van der Waals surface area contributed by atoms with Gasteiger partial charge in [0.05, 0.1) is 17.3 Å². The Kier molecular flexibility index (Phi) is 6.21. The minimum Gasteiger partial charge on any atom is -0.371 e. The number of rotatable bonds is 6. The molecule has 7 heteroatoms. The Balaban J connectivity index is 1.38. The Morgan fingerprint density at radius 2 is 2.00 bits per heavy atom. The van der Waals surface area contributed by atoms with Crippen LogP contribution in [-0.4, -0.2) is 33.8 Å². The van der Waals surface area contributed by atoms with Crippen LogP contribution in [0, 0.1) is 19.8 Å². The zero-order valence-corrected chi connectivity index (χ0v) is 18.4. The third-order valence-electron chi connectivity index (χ3n) is 5.76. The summed E-state index contributed by atoms with van der Waals surface area (Å²) in [7, 11) is 1.90. The molecule has 1 amide bonds. The molecule has 3 heterocycles. The number of hydrogen-bond donors (Lipinski definition) is 2. The van der Waals surface area contributed by atoms with Crippen molar-refractivity contribution in [2.75, 3.05) is 23.3 Å². The van der Waals surface area contributed by atoms with Crippen molar-refractivity contribution >= 4 is 23.1 Å². The molecule has 0 radical (unpaired) electrons. The van der Waals surface area contributed by atoms with Gasteiger partial charge in [0, 0.05) is 50.8 Å². The standard InChI is InChI=1S/C24H30N6O/c1-17-6-8-19(9-7-17)14-26-24(31)20-5-4-12-30(15-20)21-10-11-25-23(13-21)27-22-16-29(3)28-18(22)2/h6-11,13,16,20H,4-5,12,14-15H2,1-3H3,(H,25,27)(H,26,31)/t20-/m0/s1. The Hall–Kier alpha value is -3.35. The van der Waals surface area contributed by atoms with Gasteiger partial charge in [0.15, 0.2) is 0 Å². The highest BCUT2D eigenvalue weighted by Gasteiger charge is 2.26. The molecule has 0 bridgehead atoms. The molecule has 1 aliphatic rings. The van der Waals surface area contributed by atoms with E-state index >= 15 is 0 Å². The number of aromatic nitrogens is 3. The van der Waals surface area contributed by atoms with Crippen LogP contribution in [0.2, 0.25) is 0 Å². The Labute approximate surface area is 183 Å². The summed E-state index contributed by atoms with van der Waals surface area (Å²) in [6.45, 7) is 6.27. The maximum atomic E-state index is 12.8. The molecular weight excluding hydrogens is 388 g/mol. The van der Waals surface area contributed by atoms with Crippen LogP contribution >= 0.6 is 0 Å². The van der Waals surface area contributed by atoms with Crippen molar-refractivity contribution in [2.45, 2.75) is 33.2 Å². The number of piperidine rings is 1. The fourth-order valence-corrected chi connectivity index (χ4v) is 4.01. The molecule has 1 fully saturated rings. The monoisotopic (exact) mass is 418 g/mol. The number of carbonyl (C=O) groups is 1. The average molecular weight is 419 g/mol. The number of aryl methyl sites for hydroxylation is 3. The van der Waals surface area contributed by atoms with Crippen molar-refractivity contribution in [2.24, 2.45) is 13.0 Å². The molecule has 7 nitrogen and oxygen atoms in total. The lowest BCUT2D eigenvalue weighted by molar-refractivity contribution is -0.125. The van der Waals surface area contributed by atoms with Crippen molar-refractivity contribution in [1.82, 2.24) is 20.1 Å². The SMILES string of the molecule is Cc1ccc(CNC(=O)[C@H]2CCCN(c3ccnc(Nc4cn(C)nc4C)c3)C2)cc1. The molecule has 0 unspecified atom stereocenters. The number of nitrogens with one attached hydrogen (secondary N) is 2. The van der Waals surface area contributed by atoms with Gasteiger partial charge in [0.25, 0.3) is 0 Å². The van der Waals surface area contributed by atoms with Crippen LogP contribution in [0.1, 0.15) is 29.7 Å². The summed E-state index contributed by atoms with van der Waals surface area (Å²) >= 11 is 0. The highest BCUT2D eigenvalue weighted by molar-refractivity contribution is 5.79. The van der Waals surface area contributed by atoms with E-state index in [9.17, 15) is 4.79 Å². The van der Waals surface area contributed by atoms with Crippen LogP contribution < -0.4 is 15.5 Å². The predicted molar refractivity (Wildman–Crippen MR) is 123 cm³/mol. The first-order valence-corrected chi connectivity index (χ1v) is 10.8. The molecule has 1 aliphatic heterocycles. The molecular formula is C24H30N6O. The second-order valence-electron chi connectivity index (χ2n) is 8.31. The molecule has 1 aromatic carbocycles. The number of nitrogens with zero attached hydrogens (tertiary/aromatic N) is 4. The molecule has 2 aromatic heterocycles. The molecule has 0 spiro atoms. The lowest BCUT2D eigenvalue weighted by atomic mass is 9.96. The van der Waals surface area contributed by atoms with Gasteiger partial charge < -0.3 is 15.5 Å². The van der Waals surface area contributed by atoms with Crippen LogP contribution in [0.15, 0.2) is 48.8 Å². The Bertz CT molecular complexity index is 1040. The highest BCUT2D eigenvalue weighted by Crippen LogP contribution is 2.26. The van der Waals surface area contributed by atoms with Gasteiger partial charge >= 0.3 is 0 Å². The maximum absolute atomic E-state index is 12.8. The number of carbonyl (C=O) groups excluding carboxylic acids is 1. The van der Waals surface area contributed by atoms with Crippen molar-refractivity contribution in [3.63, 3.8) is 0 Å². The Morgan fingerprint density at radius 3 is 2.74 bits per heavy atom. The van der Waals surface area contributed by atoms with Crippen molar-refractivity contribution in [3.8, 4) is 0 Å². The third kappa shape index (κ3) is 5.23. The van der Waals surface area contributed by atoms with Crippen molar-refractivity contribution in [1.29, 1.82) is 0 Å². The zero-order valence-electron chi connectivity index (χ0n) is 18.4. The summed E-state index contributed by atoms with van der Waals surface area (Å²) in [5.74, 6) is 0.896. The van der Waals surface area contributed by atoms with Gasteiger partial charge in [-0.2, -0.15) is 5.10 Å². The van der Waals surface area contributed by atoms with Gasteiger partial charge in [-0.1, -0.05) is 29.8 Å². The van der Waals surface area contributed by atoms with Gasteiger partial charge in [-0.05, 0) is 38.3 Å². The minimum absolute atomic E-state index is 0.00987. The summed E-state index contributed by atoms with van der Waals surface area (Å²) in [6.07, 6.45) is 5.67. The Morgan fingerprint density at radius 1 is 1.19 bits per heavy atom. The first-order chi connectivity index (χ1) is 15.0. The van der Waals surface area contributed by atoms with Gasteiger partial charge in [0.1, 0.15) is 5.82 Å². The molecule has 0 aliphatic carbocycles. The van der Waals surface area contributed by atoms with E-state index in [4.69, 9.17) is 0 Å². The molecule has 1 saturated heterocycles. The lowest BCUT2D eigenvalue weighted by Gasteiger charge is -2.33. The van der Waals surface area contributed by atoms with Crippen LogP contribution in [0.5, 0.6) is 0 Å².